The molecule has 1 aromatic rings. The van der Waals surface area contributed by atoms with Gasteiger partial charge < -0.3 is 10.6 Å². The smallest absolute Gasteiger partial charge is 0.247 e. The summed E-state index contributed by atoms with van der Waals surface area (Å²) in [6.45, 7) is 9.15. The van der Waals surface area contributed by atoms with E-state index < -0.39 is 11.7 Å². The molecule has 108 valence electrons. The van der Waals surface area contributed by atoms with Crippen molar-refractivity contribution in [3.63, 3.8) is 0 Å². The van der Waals surface area contributed by atoms with E-state index in [1.165, 1.54) is 18.2 Å². The predicted molar refractivity (Wildman–Crippen MR) is 77.9 cm³/mol. The molecule has 0 aliphatic rings. The van der Waals surface area contributed by atoms with Gasteiger partial charge in [-0.25, -0.2) is 4.39 Å². The molecule has 0 radical (unpaired) electrons. The van der Waals surface area contributed by atoms with E-state index >= 15 is 0 Å². The standard InChI is InChI=1S/C15H19FN2O2/c1-5-13(19)18-12-8-10(6-7-11(12)16)17-14(20)9-15(2,3)4/h5-8H,1,9H2,2-4H3,(H,17,20)(H,18,19). The molecule has 0 saturated heterocycles. The minimum atomic E-state index is -0.575. The van der Waals surface area contributed by atoms with E-state index in [4.69, 9.17) is 0 Å². The molecular formula is C15H19FN2O2. The summed E-state index contributed by atoms with van der Waals surface area (Å²) >= 11 is 0. The lowest BCUT2D eigenvalue weighted by Gasteiger charge is -2.17. The van der Waals surface area contributed by atoms with Gasteiger partial charge in [0.15, 0.2) is 0 Å². The van der Waals surface area contributed by atoms with Gasteiger partial charge >= 0.3 is 0 Å². The summed E-state index contributed by atoms with van der Waals surface area (Å²) in [5.74, 6) is -1.25. The SMILES string of the molecule is C=CC(=O)Nc1cc(NC(=O)CC(C)(C)C)ccc1F. The fourth-order valence-corrected chi connectivity index (χ4v) is 1.57. The molecular weight excluding hydrogens is 259 g/mol. The second-order valence-electron chi connectivity index (χ2n) is 5.67. The van der Waals surface area contributed by atoms with E-state index in [1.807, 2.05) is 20.8 Å². The van der Waals surface area contributed by atoms with Crippen LogP contribution in [-0.4, -0.2) is 11.8 Å². The quantitative estimate of drug-likeness (QED) is 0.830. The molecule has 0 saturated carbocycles. The van der Waals surface area contributed by atoms with Gasteiger partial charge in [0.05, 0.1) is 5.69 Å². The van der Waals surface area contributed by atoms with Crippen LogP contribution in [0.3, 0.4) is 0 Å². The molecule has 0 unspecified atom stereocenters. The lowest BCUT2D eigenvalue weighted by molar-refractivity contribution is -0.117. The number of hydrogen-bond donors (Lipinski definition) is 2. The molecule has 0 bridgehead atoms. The van der Waals surface area contributed by atoms with Crippen molar-refractivity contribution in [2.45, 2.75) is 27.2 Å². The summed E-state index contributed by atoms with van der Waals surface area (Å²) in [4.78, 5) is 23.0. The number of nitrogens with one attached hydrogen (secondary N) is 2. The third kappa shape index (κ3) is 5.22. The van der Waals surface area contributed by atoms with Crippen LogP contribution in [0.2, 0.25) is 0 Å². The number of amides is 2. The summed E-state index contributed by atoms with van der Waals surface area (Å²) in [5.41, 5.74) is 0.299. The van der Waals surface area contributed by atoms with Crippen molar-refractivity contribution in [1.29, 1.82) is 0 Å². The maximum absolute atomic E-state index is 13.5. The Hall–Kier alpha value is -2.17. The first-order valence-electron chi connectivity index (χ1n) is 6.24. The lowest BCUT2D eigenvalue weighted by atomic mass is 9.92. The largest absolute Gasteiger partial charge is 0.326 e. The number of rotatable bonds is 4. The summed E-state index contributed by atoms with van der Waals surface area (Å²) in [5, 5.41) is 5.01. The first kappa shape index (κ1) is 15.9. The van der Waals surface area contributed by atoms with Gasteiger partial charge in [-0.1, -0.05) is 27.4 Å². The van der Waals surface area contributed by atoms with Crippen molar-refractivity contribution < 1.29 is 14.0 Å². The summed E-state index contributed by atoms with van der Waals surface area (Å²) in [7, 11) is 0. The number of benzene rings is 1. The highest BCUT2D eigenvalue weighted by atomic mass is 19.1. The fourth-order valence-electron chi connectivity index (χ4n) is 1.57. The average molecular weight is 278 g/mol. The van der Waals surface area contributed by atoms with Crippen LogP contribution in [0, 0.1) is 11.2 Å². The van der Waals surface area contributed by atoms with Crippen molar-refractivity contribution in [3.8, 4) is 0 Å². The molecule has 0 aliphatic heterocycles. The number of halogens is 1. The number of carbonyl (C=O) groups is 2. The Balaban J connectivity index is 2.82. The Morgan fingerprint density at radius 1 is 1.30 bits per heavy atom. The molecule has 2 amide bonds. The maximum atomic E-state index is 13.5. The first-order chi connectivity index (χ1) is 9.21. The zero-order valence-electron chi connectivity index (χ0n) is 11.9. The third-order valence-electron chi connectivity index (χ3n) is 2.38. The minimum Gasteiger partial charge on any atom is -0.326 e. The Bertz CT molecular complexity index is 533. The lowest BCUT2D eigenvalue weighted by Crippen LogP contribution is -2.19. The molecule has 20 heavy (non-hydrogen) atoms. The van der Waals surface area contributed by atoms with Crippen LogP contribution >= 0.6 is 0 Å². The first-order valence-corrected chi connectivity index (χ1v) is 6.24. The van der Waals surface area contributed by atoms with Crippen LogP contribution in [0.5, 0.6) is 0 Å². The average Bonchev–Trinajstić information content (AvgIpc) is 2.30. The van der Waals surface area contributed by atoms with Gasteiger partial charge in [0, 0.05) is 12.1 Å². The number of carbonyl (C=O) groups excluding carboxylic acids is 2. The Labute approximate surface area is 118 Å². The Morgan fingerprint density at radius 3 is 2.50 bits per heavy atom. The molecule has 0 heterocycles. The van der Waals surface area contributed by atoms with E-state index in [0.29, 0.717) is 12.1 Å². The van der Waals surface area contributed by atoms with E-state index in [2.05, 4.69) is 17.2 Å². The van der Waals surface area contributed by atoms with Gasteiger partial charge in [0.2, 0.25) is 11.8 Å². The van der Waals surface area contributed by atoms with Gasteiger partial charge in [-0.3, -0.25) is 9.59 Å². The van der Waals surface area contributed by atoms with Crippen LogP contribution in [0.1, 0.15) is 27.2 Å². The monoisotopic (exact) mass is 278 g/mol. The van der Waals surface area contributed by atoms with Crippen LogP contribution in [0.25, 0.3) is 0 Å². The van der Waals surface area contributed by atoms with Gasteiger partial charge in [0.1, 0.15) is 5.82 Å². The molecule has 0 atom stereocenters. The van der Waals surface area contributed by atoms with Crippen molar-refractivity contribution in [3.05, 3.63) is 36.7 Å². The van der Waals surface area contributed by atoms with Crippen molar-refractivity contribution in [2.75, 3.05) is 10.6 Å². The van der Waals surface area contributed by atoms with E-state index in [1.54, 1.807) is 0 Å². The topological polar surface area (TPSA) is 58.2 Å². The van der Waals surface area contributed by atoms with Gasteiger partial charge in [-0.15, -0.1) is 0 Å². The van der Waals surface area contributed by atoms with Gasteiger partial charge in [-0.2, -0.15) is 0 Å². The van der Waals surface area contributed by atoms with Crippen LogP contribution < -0.4 is 10.6 Å². The maximum Gasteiger partial charge on any atom is 0.247 e. The molecule has 1 rings (SSSR count). The molecule has 5 heteroatoms. The van der Waals surface area contributed by atoms with Crippen molar-refractivity contribution in [2.24, 2.45) is 5.41 Å². The molecule has 4 nitrogen and oxygen atoms in total. The summed E-state index contributed by atoms with van der Waals surface area (Å²) in [6.07, 6.45) is 1.39. The molecule has 0 spiro atoms. The second kappa shape index (κ2) is 6.32. The molecule has 0 aliphatic carbocycles. The zero-order valence-corrected chi connectivity index (χ0v) is 11.9. The van der Waals surface area contributed by atoms with Crippen molar-refractivity contribution >= 4 is 23.2 Å². The van der Waals surface area contributed by atoms with Gasteiger partial charge in [-0.05, 0) is 29.7 Å². The highest BCUT2D eigenvalue weighted by molar-refractivity contribution is 5.99. The van der Waals surface area contributed by atoms with Crippen LogP contribution in [0.15, 0.2) is 30.9 Å². The highest BCUT2D eigenvalue weighted by Crippen LogP contribution is 2.22. The second-order valence-corrected chi connectivity index (χ2v) is 5.67. The normalized spacial score (nSPS) is 10.8. The number of hydrogen-bond acceptors (Lipinski definition) is 2. The van der Waals surface area contributed by atoms with E-state index in [-0.39, 0.29) is 17.0 Å². The van der Waals surface area contributed by atoms with E-state index in [9.17, 15) is 14.0 Å². The molecule has 1 aromatic carbocycles. The minimum absolute atomic E-state index is 0.00320. The predicted octanol–water partition coefficient (Wildman–Crippen LogP) is 3.32. The van der Waals surface area contributed by atoms with Crippen LogP contribution in [-0.2, 0) is 9.59 Å². The van der Waals surface area contributed by atoms with Crippen molar-refractivity contribution in [1.82, 2.24) is 0 Å². The van der Waals surface area contributed by atoms with Gasteiger partial charge in [0.25, 0.3) is 0 Å². The highest BCUT2D eigenvalue weighted by Gasteiger charge is 2.16. The molecule has 0 fully saturated rings. The summed E-state index contributed by atoms with van der Waals surface area (Å²) < 4.78 is 13.5. The molecule has 2 N–H and O–H groups in total. The Kier molecular flexibility index (Phi) is 5.02. The van der Waals surface area contributed by atoms with Crippen LogP contribution in [0.4, 0.5) is 15.8 Å². The fraction of sp³-hybridized carbons (Fsp3) is 0.333. The third-order valence-corrected chi connectivity index (χ3v) is 2.38. The number of anilines is 2. The van der Waals surface area contributed by atoms with E-state index in [0.717, 1.165) is 6.08 Å². The molecule has 0 aromatic heterocycles. The Morgan fingerprint density at radius 2 is 1.95 bits per heavy atom. The summed E-state index contributed by atoms with van der Waals surface area (Å²) in [6, 6.07) is 4.00. The zero-order chi connectivity index (χ0) is 15.3.